The second-order valence-electron chi connectivity index (χ2n) is 7.46. The summed E-state index contributed by atoms with van der Waals surface area (Å²) in [5.74, 6) is -0.0783. The molecule has 0 aliphatic heterocycles. The van der Waals surface area contributed by atoms with Crippen LogP contribution in [0.3, 0.4) is 0 Å². The molecule has 3 aromatic rings. The molecule has 0 bridgehead atoms. The number of esters is 1. The van der Waals surface area contributed by atoms with Gasteiger partial charge in [0.1, 0.15) is 16.3 Å². The molecule has 0 unspecified atom stereocenters. The topological polar surface area (TPSA) is 64.6 Å². The molecule has 0 atom stereocenters. The molecule has 5 nitrogen and oxygen atoms in total. The number of carbonyl (C=O) groups excluding carboxylic acids is 2. The Morgan fingerprint density at radius 1 is 0.935 bits per heavy atom. The molecule has 0 fully saturated rings. The lowest BCUT2D eigenvalue weighted by Gasteiger charge is -2.12. The first kappa shape index (κ1) is 23.0. The third-order valence-corrected chi connectivity index (χ3v) is 5.63. The Hall–Kier alpha value is -2.64. The number of anilines is 1. The Morgan fingerprint density at radius 3 is 2.16 bits per heavy atom. The fourth-order valence-corrected chi connectivity index (χ4v) is 4.12. The van der Waals surface area contributed by atoms with E-state index in [-0.39, 0.29) is 18.1 Å². The zero-order valence-electron chi connectivity index (χ0n) is 17.8. The first-order chi connectivity index (χ1) is 14.7. The minimum Gasteiger partial charge on any atom is -0.491 e. The molecule has 0 aliphatic rings. The second-order valence-corrected chi connectivity index (χ2v) is 9.25. The lowest BCUT2D eigenvalue weighted by atomic mass is 10.0. The van der Waals surface area contributed by atoms with Crippen LogP contribution in [-0.4, -0.2) is 24.1 Å². The third kappa shape index (κ3) is 5.95. The van der Waals surface area contributed by atoms with Crippen LogP contribution in [0.25, 0.3) is 11.1 Å². The van der Waals surface area contributed by atoms with Crippen LogP contribution in [0.4, 0.5) is 5.00 Å². The molecule has 0 aliphatic carbocycles. The van der Waals surface area contributed by atoms with Crippen molar-refractivity contribution in [2.45, 2.75) is 39.9 Å². The number of carbonyl (C=O) groups is 2. The van der Waals surface area contributed by atoms with Gasteiger partial charge in [0.2, 0.25) is 0 Å². The van der Waals surface area contributed by atoms with Crippen molar-refractivity contribution in [2.24, 2.45) is 0 Å². The van der Waals surface area contributed by atoms with Gasteiger partial charge in [0.15, 0.2) is 0 Å². The molecule has 0 saturated heterocycles. The number of benzene rings is 2. The van der Waals surface area contributed by atoms with Crippen LogP contribution in [0.2, 0.25) is 0 Å². The Morgan fingerprint density at radius 2 is 1.58 bits per heavy atom. The predicted octanol–water partition coefficient (Wildman–Crippen LogP) is 6.78. The van der Waals surface area contributed by atoms with Gasteiger partial charge in [-0.2, -0.15) is 0 Å². The van der Waals surface area contributed by atoms with Crippen molar-refractivity contribution in [3.8, 4) is 16.9 Å². The molecule has 2 aromatic carbocycles. The fourth-order valence-electron chi connectivity index (χ4n) is 2.90. The molecular formula is C24H24BrNO4S. The highest BCUT2D eigenvalue weighted by Crippen LogP contribution is 2.37. The number of thiophene rings is 1. The summed E-state index contributed by atoms with van der Waals surface area (Å²) in [6.45, 7) is 7.47. The summed E-state index contributed by atoms with van der Waals surface area (Å²) in [6.07, 6.45) is -0.223. The highest BCUT2D eigenvalue weighted by atomic mass is 79.9. The Bertz CT molecular complexity index is 1060. The molecule has 162 valence electrons. The van der Waals surface area contributed by atoms with Gasteiger partial charge in [-0.1, -0.05) is 28.1 Å². The molecule has 1 heterocycles. The lowest BCUT2D eigenvalue weighted by molar-refractivity contribution is 0.0380. The number of rotatable bonds is 7. The fraction of sp³-hybridized carbons (Fsp3) is 0.250. The predicted molar refractivity (Wildman–Crippen MR) is 128 cm³/mol. The van der Waals surface area contributed by atoms with Gasteiger partial charge in [-0.3, -0.25) is 4.79 Å². The van der Waals surface area contributed by atoms with E-state index in [0.29, 0.717) is 21.9 Å². The van der Waals surface area contributed by atoms with Gasteiger partial charge in [-0.05, 0) is 69.7 Å². The van der Waals surface area contributed by atoms with E-state index in [1.54, 1.807) is 38.1 Å². The molecule has 0 radical (unpaired) electrons. The van der Waals surface area contributed by atoms with Crippen molar-refractivity contribution in [3.05, 3.63) is 69.5 Å². The van der Waals surface area contributed by atoms with E-state index in [0.717, 1.165) is 15.6 Å². The first-order valence-corrected chi connectivity index (χ1v) is 11.6. The third-order valence-electron chi connectivity index (χ3n) is 4.21. The highest BCUT2D eigenvalue weighted by Gasteiger charge is 2.24. The number of ether oxygens (including phenoxy) is 2. The number of halogens is 1. The van der Waals surface area contributed by atoms with E-state index < -0.39 is 5.97 Å². The van der Waals surface area contributed by atoms with Crippen molar-refractivity contribution in [1.82, 2.24) is 0 Å². The maximum Gasteiger partial charge on any atom is 0.342 e. The molecule has 1 N–H and O–H groups in total. The molecular weight excluding hydrogens is 478 g/mol. The van der Waals surface area contributed by atoms with E-state index in [1.165, 1.54) is 11.3 Å². The van der Waals surface area contributed by atoms with Crippen molar-refractivity contribution >= 4 is 44.1 Å². The van der Waals surface area contributed by atoms with Gasteiger partial charge in [0.25, 0.3) is 5.91 Å². The summed E-state index contributed by atoms with van der Waals surface area (Å²) in [6, 6.07) is 14.5. The van der Waals surface area contributed by atoms with Gasteiger partial charge < -0.3 is 14.8 Å². The zero-order valence-corrected chi connectivity index (χ0v) is 20.2. The van der Waals surface area contributed by atoms with E-state index in [2.05, 4.69) is 21.2 Å². The monoisotopic (exact) mass is 501 g/mol. The standard InChI is InChI=1S/C24H24BrNO4S/c1-14(2)29-19-11-7-17(8-12-19)22(27)26-23-21(24(28)30-15(3)4)20(13-31-23)16-5-9-18(25)10-6-16/h5-15H,1-4H3,(H,26,27). The summed E-state index contributed by atoms with van der Waals surface area (Å²) >= 11 is 4.72. The van der Waals surface area contributed by atoms with Crippen LogP contribution >= 0.6 is 27.3 Å². The van der Waals surface area contributed by atoms with E-state index in [9.17, 15) is 9.59 Å². The van der Waals surface area contributed by atoms with Crippen LogP contribution in [0.15, 0.2) is 58.4 Å². The smallest absolute Gasteiger partial charge is 0.342 e. The van der Waals surface area contributed by atoms with Crippen molar-refractivity contribution < 1.29 is 19.1 Å². The molecule has 3 rings (SSSR count). The van der Waals surface area contributed by atoms with Gasteiger partial charge in [-0.15, -0.1) is 11.3 Å². The molecule has 1 aromatic heterocycles. The number of nitrogens with one attached hydrogen (secondary N) is 1. The summed E-state index contributed by atoms with van der Waals surface area (Å²) in [7, 11) is 0. The van der Waals surface area contributed by atoms with Crippen LogP contribution in [0.1, 0.15) is 48.4 Å². The highest BCUT2D eigenvalue weighted by molar-refractivity contribution is 9.10. The minimum atomic E-state index is -0.467. The van der Waals surface area contributed by atoms with Crippen LogP contribution < -0.4 is 10.1 Å². The molecule has 0 spiro atoms. The van der Waals surface area contributed by atoms with E-state index >= 15 is 0 Å². The molecule has 0 saturated carbocycles. The SMILES string of the molecule is CC(C)OC(=O)c1c(-c2ccc(Br)cc2)csc1NC(=O)c1ccc(OC(C)C)cc1. The molecule has 1 amide bonds. The van der Waals surface area contributed by atoms with E-state index in [1.807, 2.05) is 43.5 Å². The number of hydrogen-bond acceptors (Lipinski definition) is 5. The summed E-state index contributed by atoms with van der Waals surface area (Å²) in [5.41, 5.74) is 2.41. The maximum absolute atomic E-state index is 12.9. The van der Waals surface area contributed by atoms with Crippen molar-refractivity contribution in [1.29, 1.82) is 0 Å². The number of amides is 1. The number of hydrogen-bond donors (Lipinski definition) is 1. The average molecular weight is 502 g/mol. The Kier molecular flexibility index (Phi) is 7.51. The van der Waals surface area contributed by atoms with Crippen molar-refractivity contribution in [2.75, 3.05) is 5.32 Å². The van der Waals surface area contributed by atoms with Crippen LogP contribution in [-0.2, 0) is 4.74 Å². The normalized spacial score (nSPS) is 10.9. The Balaban J connectivity index is 1.90. The maximum atomic E-state index is 12.9. The zero-order chi connectivity index (χ0) is 22.5. The van der Waals surface area contributed by atoms with Crippen molar-refractivity contribution in [3.63, 3.8) is 0 Å². The average Bonchev–Trinajstić information content (AvgIpc) is 3.11. The van der Waals surface area contributed by atoms with Crippen LogP contribution in [0, 0.1) is 0 Å². The largest absolute Gasteiger partial charge is 0.491 e. The quantitative estimate of drug-likeness (QED) is 0.362. The Labute approximate surface area is 194 Å². The first-order valence-electron chi connectivity index (χ1n) is 9.91. The van der Waals surface area contributed by atoms with Gasteiger partial charge in [0, 0.05) is 21.0 Å². The molecule has 31 heavy (non-hydrogen) atoms. The van der Waals surface area contributed by atoms with Gasteiger partial charge in [0.05, 0.1) is 12.2 Å². The lowest BCUT2D eigenvalue weighted by Crippen LogP contribution is -2.16. The second kappa shape index (κ2) is 10.1. The summed E-state index contributed by atoms with van der Waals surface area (Å²) in [4.78, 5) is 25.7. The summed E-state index contributed by atoms with van der Waals surface area (Å²) < 4.78 is 12.0. The van der Waals surface area contributed by atoms with Gasteiger partial charge in [-0.25, -0.2) is 4.79 Å². The minimum absolute atomic E-state index is 0.0531. The summed E-state index contributed by atoms with van der Waals surface area (Å²) in [5, 5.41) is 5.18. The van der Waals surface area contributed by atoms with Gasteiger partial charge >= 0.3 is 5.97 Å². The van der Waals surface area contributed by atoms with E-state index in [4.69, 9.17) is 9.47 Å². The van der Waals surface area contributed by atoms with Crippen LogP contribution in [0.5, 0.6) is 5.75 Å². The molecule has 7 heteroatoms.